The Kier molecular flexibility index (Phi) is 3.37. The van der Waals surface area contributed by atoms with Gasteiger partial charge in [-0.3, -0.25) is 9.89 Å². The summed E-state index contributed by atoms with van der Waals surface area (Å²) in [5.41, 5.74) is 9.93. The fraction of sp³-hybridized carbons (Fsp3) is 0.136. The summed E-state index contributed by atoms with van der Waals surface area (Å²) in [4.78, 5) is 13.6. The zero-order valence-corrected chi connectivity index (χ0v) is 15.8. The highest BCUT2D eigenvalue weighted by Crippen LogP contribution is 2.55. The van der Waals surface area contributed by atoms with Crippen LogP contribution in [0.2, 0.25) is 0 Å². The number of nitrogens with one attached hydrogen (secondary N) is 2. The van der Waals surface area contributed by atoms with Crippen LogP contribution in [0.5, 0.6) is 5.88 Å². The summed E-state index contributed by atoms with van der Waals surface area (Å²) in [6.45, 7) is 3.88. The number of nitrogens with zero attached hydrogens (tertiary/aromatic N) is 2. The van der Waals surface area contributed by atoms with Gasteiger partial charge >= 0.3 is 0 Å². The van der Waals surface area contributed by atoms with E-state index < -0.39 is 5.41 Å². The van der Waals surface area contributed by atoms with Crippen LogP contribution >= 0.6 is 0 Å². The zero-order chi connectivity index (χ0) is 20.3. The van der Waals surface area contributed by atoms with E-state index in [9.17, 15) is 10.1 Å². The van der Waals surface area contributed by atoms with Crippen LogP contribution in [0.15, 0.2) is 53.9 Å². The number of aryl methyl sites for hydroxylation is 2. The van der Waals surface area contributed by atoms with E-state index in [2.05, 4.69) is 21.6 Å². The first-order valence-corrected chi connectivity index (χ1v) is 9.14. The van der Waals surface area contributed by atoms with Crippen LogP contribution in [-0.4, -0.2) is 16.1 Å². The number of aromatic nitrogens is 2. The number of anilines is 1. The minimum Gasteiger partial charge on any atom is -0.420 e. The lowest BCUT2D eigenvalue weighted by Gasteiger charge is -2.32. The monoisotopic (exact) mass is 383 g/mol. The molecule has 3 aromatic rings. The average molecular weight is 383 g/mol. The maximum absolute atomic E-state index is 13.6. The van der Waals surface area contributed by atoms with Gasteiger partial charge in [0.15, 0.2) is 0 Å². The lowest BCUT2D eigenvalue weighted by atomic mass is 9.68. The Morgan fingerprint density at radius 2 is 1.97 bits per heavy atom. The Morgan fingerprint density at radius 1 is 1.21 bits per heavy atom. The molecule has 4 N–H and O–H groups in total. The molecule has 0 unspecified atom stereocenters. The van der Waals surface area contributed by atoms with Crippen molar-refractivity contribution >= 4 is 11.6 Å². The summed E-state index contributed by atoms with van der Waals surface area (Å²) in [6, 6.07) is 15.5. The predicted molar refractivity (Wildman–Crippen MR) is 107 cm³/mol. The summed E-state index contributed by atoms with van der Waals surface area (Å²) in [6.07, 6.45) is 0. The Labute approximate surface area is 166 Å². The normalized spacial score (nSPS) is 19.4. The van der Waals surface area contributed by atoms with Gasteiger partial charge in [0.25, 0.3) is 0 Å². The molecule has 3 heterocycles. The van der Waals surface area contributed by atoms with Crippen LogP contribution in [-0.2, 0) is 10.2 Å². The summed E-state index contributed by atoms with van der Waals surface area (Å²) >= 11 is 0. The lowest BCUT2D eigenvalue weighted by Crippen LogP contribution is -2.42. The lowest BCUT2D eigenvalue weighted by molar-refractivity contribution is -0.118. The number of hydrogen-bond acceptors (Lipinski definition) is 5. The Hall–Kier alpha value is -4.05. The molecule has 0 bridgehead atoms. The number of nitriles is 1. The van der Waals surface area contributed by atoms with Crippen molar-refractivity contribution in [1.82, 2.24) is 10.2 Å². The molecule has 0 aliphatic carbocycles. The number of amides is 1. The molecular formula is C22H17N5O2. The number of ether oxygens (including phenoxy) is 1. The van der Waals surface area contributed by atoms with E-state index in [4.69, 9.17) is 10.5 Å². The number of nitrogens with two attached hydrogens (primary N) is 1. The summed E-state index contributed by atoms with van der Waals surface area (Å²) in [5.74, 6) is -0.264. The molecule has 0 radical (unpaired) electrons. The van der Waals surface area contributed by atoms with Crippen LogP contribution in [0.3, 0.4) is 0 Å². The smallest absolute Gasteiger partial charge is 0.245 e. The van der Waals surface area contributed by atoms with Crippen LogP contribution < -0.4 is 15.8 Å². The Bertz CT molecular complexity index is 1270. The van der Waals surface area contributed by atoms with E-state index in [0.717, 1.165) is 16.7 Å². The van der Waals surface area contributed by atoms with Gasteiger partial charge in [-0.1, -0.05) is 48.0 Å². The van der Waals surface area contributed by atoms with Crippen molar-refractivity contribution in [3.8, 4) is 23.2 Å². The zero-order valence-electron chi connectivity index (χ0n) is 15.8. The molecule has 7 heteroatoms. The summed E-state index contributed by atoms with van der Waals surface area (Å²) in [7, 11) is 0. The highest BCUT2D eigenvalue weighted by Gasteiger charge is 2.59. The van der Waals surface area contributed by atoms with Crippen LogP contribution in [0.25, 0.3) is 11.3 Å². The van der Waals surface area contributed by atoms with E-state index in [1.165, 1.54) is 0 Å². The molecule has 1 spiro atoms. The fourth-order valence-electron chi connectivity index (χ4n) is 4.42. The first kappa shape index (κ1) is 17.1. The van der Waals surface area contributed by atoms with Crippen molar-refractivity contribution in [3.05, 3.63) is 76.2 Å². The second-order valence-corrected chi connectivity index (χ2v) is 7.31. The van der Waals surface area contributed by atoms with Crippen molar-refractivity contribution < 1.29 is 9.53 Å². The van der Waals surface area contributed by atoms with Crippen LogP contribution in [0.1, 0.15) is 22.3 Å². The quantitative estimate of drug-likeness (QED) is 0.597. The van der Waals surface area contributed by atoms with E-state index in [1.54, 1.807) is 0 Å². The maximum Gasteiger partial charge on any atom is 0.245 e. The van der Waals surface area contributed by atoms with Crippen molar-refractivity contribution in [2.24, 2.45) is 5.73 Å². The second-order valence-electron chi connectivity index (χ2n) is 7.31. The summed E-state index contributed by atoms with van der Waals surface area (Å²) < 4.78 is 5.66. The van der Waals surface area contributed by atoms with Crippen LogP contribution in [0.4, 0.5) is 5.69 Å². The van der Waals surface area contributed by atoms with E-state index in [-0.39, 0.29) is 23.2 Å². The van der Waals surface area contributed by atoms with Gasteiger partial charge in [-0.25, -0.2) is 0 Å². The first-order valence-electron chi connectivity index (χ1n) is 9.14. The molecule has 2 aromatic carbocycles. The maximum atomic E-state index is 13.6. The number of benzene rings is 2. The van der Waals surface area contributed by atoms with Crippen molar-refractivity contribution in [2.75, 3.05) is 5.32 Å². The van der Waals surface area contributed by atoms with Crippen molar-refractivity contribution in [2.45, 2.75) is 19.3 Å². The fourth-order valence-corrected chi connectivity index (χ4v) is 4.42. The van der Waals surface area contributed by atoms with Crippen LogP contribution in [0, 0.1) is 25.2 Å². The van der Waals surface area contributed by atoms with Gasteiger partial charge in [0.1, 0.15) is 17.1 Å². The SMILES string of the molecule is Cc1cc(C)c2c(c1)[C@@]1(C(=O)N2)C(C#N)=C(N)Oc2n[nH]c(-c3ccccc3)c21. The molecule has 7 nitrogen and oxygen atoms in total. The van der Waals surface area contributed by atoms with Gasteiger partial charge in [-0.15, -0.1) is 5.10 Å². The number of carbonyl (C=O) groups excluding carboxylic acids is 1. The number of fused-ring (bicyclic) bond motifs is 4. The molecule has 29 heavy (non-hydrogen) atoms. The molecule has 0 fully saturated rings. The highest BCUT2D eigenvalue weighted by molar-refractivity contribution is 6.14. The van der Waals surface area contributed by atoms with Gasteiger partial charge in [-0.2, -0.15) is 5.26 Å². The highest BCUT2D eigenvalue weighted by atomic mass is 16.5. The third kappa shape index (κ3) is 2.05. The van der Waals surface area contributed by atoms with Gasteiger partial charge in [0.2, 0.25) is 17.7 Å². The topological polar surface area (TPSA) is 117 Å². The molecule has 0 saturated heterocycles. The third-order valence-corrected chi connectivity index (χ3v) is 5.57. The number of carbonyl (C=O) groups is 1. The molecule has 0 saturated carbocycles. The standard InChI is InChI=1S/C22H17N5O2/c1-11-8-12(2)17-14(9-11)22(21(28)25-17)15(10-23)19(24)29-20-16(22)18(26-27-20)13-6-4-3-5-7-13/h3-9H,24H2,1-2H3,(H,25,28)(H,26,27)/t22-/m1/s1. The van der Waals surface area contributed by atoms with Gasteiger partial charge < -0.3 is 15.8 Å². The number of H-pyrrole nitrogens is 1. The molecule has 1 amide bonds. The minimum absolute atomic E-state index is 0.0600. The molecule has 142 valence electrons. The predicted octanol–water partition coefficient (Wildman–Crippen LogP) is 3.02. The molecule has 1 atom stereocenters. The number of hydrogen-bond donors (Lipinski definition) is 3. The third-order valence-electron chi connectivity index (χ3n) is 5.57. The molecule has 2 aliphatic heterocycles. The minimum atomic E-state index is -1.43. The van der Waals surface area contributed by atoms with Crippen molar-refractivity contribution in [1.29, 1.82) is 5.26 Å². The summed E-state index contributed by atoms with van der Waals surface area (Å²) in [5, 5.41) is 20.2. The molecule has 1 aromatic heterocycles. The van der Waals surface area contributed by atoms with E-state index in [1.807, 2.05) is 56.3 Å². The Morgan fingerprint density at radius 3 is 2.69 bits per heavy atom. The van der Waals surface area contributed by atoms with Crippen molar-refractivity contribution in [3.63, 3.8) is 0 Å². The Balaban J connectivity index is 1.94. The molecular weight excluding hydrogens is 366 g/mol. The number of rotatable bonds is 1. The molecule has 5 rings (SSSR count). The second kappa shape index (κ2) is 5.72. The van der Waals surface area contributed by atoms with Gasteiger partial charge in [0, 0.05) is 16.8 Å². The first-order chi connectivity index (χ1) is 14.0. The molecule has 2 aliphatic rings. The average Bonchev–Trinajstić information content (AvgIpc) is 3.24. The van der Waals surface area contributed by atoms with E-state index >= 15 is 0 Å². The van der Waals surface area contributed by atoms with Gasteiger partial charge in [-0.05, 0) is 19.4 Å². The number of aromatic amines is 1. The van der Waals surface area contributed by atoms with Gasteiger partial charge in [0.05, 0.1) is 11.3 Å². The largest absolute Gasteiger partial charge is 0.420 e. The van der Waals surface area contributed by atoms with E-state index in [0.29, 0.717) is 22.5 Å².